The van der Waals surface area contributed by atoms with Gasteiger partial charge in [-0.05, 0) is 13.8 Å². The van der Waals surface area contributed by atoms with Crippen LogP contribution in [-0.2, 0) is 10.3 Å². The van der Waals surface area contributed by atoms with Crippen molar-refractivity contribution >= 4 is 0 Å². The van der Waals surface area contributed by atoms with Crippen molar-refractivity contribution in [2.75, 3.05) is 13.2 Å². The first-order valence-electron chi connectivity index (χ1n) is 4.23. The highest BCUT2D eigenvalue weighted by Gasteiger charge is 2.24. The molecule has 72 valence electrons. The fraction of sp³-hybridized carbons (Fsp3) is 0.556. The number of hydrogen-bond donors (Lipinski definition) is 1. The smallest absolute Gasteiger partial charge is 0.128 e. The Labute approximate surface area is 77.6 Å². The molecule has 0 bridgehead atoms. The fourth-order valence-electron chi connectivity index (χ4n) is 0.952. The lowest BCUT2D eigenvalue weighted by atomic mass is 10.1. The van der Waals surface area contributed by atoms with Gasteiger partial charge < -0.3 is 9.84 Å². The average molecular weight is 182 g/mol. The number of ether oxygens (including phenoxy) is 1. The van der Waals surface area contributed by atoms with Crippen molar-refractivity contribution in [3.8, 4) is 0 Å². The van der Waals surface area contributed by atoms with Crippen molar-refractivity contribution < 1.29 is 9.84 Å². The molecule has 0 radical (unpaired) electrons. The van der Waals surface area contributed by atoms with Crippen molar-refractivity contribution in [1.29, 1.82) is 0 Å². The van der Waals surface area contributed by atoms with Crippen LogP contribution in [0.3, 0.4) is 0 Å². The molecule has 1 aromatic heterocycles. The molecule has 1 N–H and O–H groups in total. The van der Waals surface area contributed by atoms with E-state index in [0.717, 1.165) is 0 Å². The Morgan fingerprint density at radius 3 is 2.85 bits per heavy atom. The lowest BCUT2D eigenvalue weighted by Crippen LogP contribution is -2.29. The third-order valence-electron chi connectivity index (χ3n) is 1.70. The van der Waals surface area contributed by atoms with Crippen LogP contribution in [0.2, 0.25) is 0 Å². The molecule has 1 unspecified atom stereocenters. The highest BCUT2D eigenvalue weighted by atomic mass is 16.5. The molecular formula is C9H14N2O2. The highest BCUT2D eigenvalue weighted by Crippen LogP contribution is 2.16. The Morgan fingerprint density at radius 1 is 1.54 bits per heavy atom. The minimum atomic E-state index is -1.05. The maximum atomic E-state index is 9.89. The Balaban J connectivity index is 2.69. The number of aliphatic hydroxyl groups is 1. The van der Waals surface area contributed by atoms with Gasteiger partial charge in [0.05, 0.1) is 18.5 Å². The molecule has 1 atom stereocenters. The Bertz CT molecular complexity index is 249. The Hall–Kier alpha value is -1.00. The first kappa shape index (κ1) is 10.1. The van der Waals surface area contributed by atoms with E-state index in [4.69, 9.17) is 4.74 Å². The topological polar surface area (TPSA) is 55.2 Å². The summed E-state index contributed by atoms with van der Waals surface area (Å²) in [4.78, 5) is 7.89. The second-order valence-corrected chi connectivity index (χ2v) is 3.00. The minimum absolute atomic E-state index is 0.238. The summed E-state index contributed by atoms with van der Waals surface area (Å²) in [7, 11) is 0. The number of nitrogens with zero attached hydrogens (tertiary/aromatic N) is 2. The molecule has 0 saturated heterocycles. The van der Waals surface area contributed by atoms with Gasteiger partial charge in [-0.25, -0.2) is 0 Å². The van der Waals surface area contributed by atoms with Crippen LogP contribution in [0.5, 0.6) is 0 Å². The van der Waals surface area contributed by atoms with E-state index >= 15 is 0 Å². The van der Waals surface area contributed by atoms with E-state index in [-0.39, 0.29) is 6.61 Å². The average Bonchev–Trinajstić information content (AvgIpc) is 2.16. The van der Waals surface area contributed by atoms with Crippen LogP contribution < -0.4 is 0 Å². The third kappa shape index (κ3) is 2.75. The van der Waals surface area contributed by atoms with Gasteiger partial charge in [0, 0.05) is 19.0 Å². The summed E-state index contributed by atoms with van der Waals surface area (Å²) in [5.74, 6) is 0. The zero-order valence-corrected chi connectivity index (χ0v) is 7.90. The molecule has 0 spiro atoms. The van der Waals surface area contributed by atoms with Gasteiger partial charge >= 0.3 is 0 Å². The first-order chi connectivity index (χ1) is 6.17. The molecule has 1 aromatic rings. The van der Waals surface area contributed by atoms with Crippen LogP contribution in [0.25, 0.3) is 0 Å². The zero-order valence-electron chi connectivity index (χ0n) is 7.90. The summed E-state index contributed by atoms with van der Waals surface area (Å²) in [5.41, 5.74) is -0.520. The lowest BCUT2D eigenvalue weighted by molar-refractivity contribution is -0.0374. The molecule has 13 heavy (non-hydrogen) atoms. The maximum absolute atomic E-state index is 9.89. The van der Waals surface area contributed by atoms with Crippen molar-refractivity contribution in [3.05, 3.63) is 24.3 Å². The van der Waals surface area contributed by atoms with Gasteiger partial charge in [0.1, 0.15) is 5.60 Å². The van der Waals surface area contributed by atoms with Crippen LogP contribution in [0.1, 0.15) is 19.5 Å². The molecule has 0 aliphatic heterocycles. The third-order valence-corrected chi connectivity index (χ3v) is 1.70. The predicted octanol–water partition coefficient (Wildman–Crippen LogP) is 0.721. The summed E-state index contributed by atoms with van der Waals surface area (Å²) < 4.78 is 5.13. The van der Waals surface area contributed by atoms with Crippen LogP contribution in [0, 0.1) is 0 Å². The highest BCUT2D eigenvalue weighted by molar-refractivity contribution is 5.05. The number of rotatable bonds is 4. The molecule has 1 heterocycles. The van der Waals surface area contributed by atoms with E-state index in [9.17, 15) is 5.11 Å². The second kappa shape index (κ2) is 4.30. The molecule has 1 rings (SSSR count). The molecule has 0 aliphatic carbocycles. The molecule has 0 aliphatic rings. The number of aromatic nitrogens is 2. The summed E-state index contributed by atoms with van der Waals surface area (Å²) in [6, 6.07) is 0. The van der Waals surface area contributed by atoms with Gasteiger partial charge in [0.25, 0.3) is 0 Å². The molecule has 0 fully saturated rings. The largest absolute Gasteiger partial charge is 0.381 e. The molecule has 4 nitrogen and oxygen atoms in total. The van der Waals surface area contributed by atoms with Crippen LogP contribution in [0.15, 0.2) is 18.6 Å². The molecular weight excluding hydrogens is 168 g/mol. The van der Waals surface area contributed by atoms with Crippen molar-refractivity contribution in [3.63, 3.8) is 0 Å². The van der Waals surface area contributed by atoms with Crippen molar-refractivity contribution in [2.45, 2.75) is 19.4 Å². The van der Waals surface area contributed by atoms with Gasteiger partial charge in [0.2, 0.25) is 0 Å². The van der Waals surface area contributed by atoms with Crippen LogP contribution in [-0.4, -0.2) is 28.3 Å². The summed E-state index contributed by atoms with van der Waals surface area (Å²) in [6.45, 7) is 4.36. The first-order valence-corrected chi connectivity index (χ1v) is 4.23. The van der Waals surface area contributed by atoms with E-state index in [1.54, 1.807) is 25.5 Å². The summed E-state index contributed by atoms with van der Waals surface area (Å²) >= 11 is 0. The quantitative estimate of drug-likeness (QED) is 0.745. The number of hydrogen-bond acceptors (Lipinski definition) is 4. The SMILES string of the molecule is CCOCC(C)(O)c1cnccn1. The van der Waals surface area contributed by atoms with Crippen molar-refractivity contribution in [2.24, 2.45) is 0 Å². The van der Waals surface area contributed by atoms with Gasteiger partial charge in [-0.3, -0.25) is 9.97 Å². The minimum Gasteiger partial charge on any atom is -0.381 e. The molecule has 0 aromatic carbocycles. The van der Waals surface area contributed by atoms with Crippen LogP contribution >= 0.6 is 0 Å². The monoisotopic (exact) mass is 182 g/mol. The van der Waals surface area contributed by atoms with Gasteiger partial charge in [-0.1, -0.05) is 0 Å². The standard InChI is InChI=1S/C9H14N2O2/c1-3-13-7-9(2,12)8-6-10-4-5-11-8/h4-6,12H,3,7H2,1-2H3. The summed E-state index contributed by atoms with van der Waals surface area (Å²) in [5, 5.41) is 9.89. The normalized spacial score (nSPS) is 15.3. The fourth-order valence-corrected chi connectivity index (χ4v) is 0.952. The maximum Gasteiger partial charge on any atom is 0.128 e. The van der Waals surface area contributed by atoms with Crippen molar-refractivity contribution in [1.82, 2.24) is 9.97 Å². The zero-order chi connectivity index (χ0) is 9.73. The van der Waals surface area contributed by atoms with E-state index in [2.05, 4.69) is 9.97 Å². The van der Waals surface area contributed by atoms with E-state index in [0.29, 0.717) is 12.3 Å². The Kier molecular flexibility index (Phi) is 3.33. The second-order valence-electron chi connectivity index (χ2n) is 3.00. The molecule has 0 amide bonds. The van der Waals surface area contributed by atoms with Gasteiger partial charge in [-0.2, -0.15) is 0 Å². The predicted molar refractivity (Wildman–Crippen MR) is 48.1 cm³/mol. The summed E-state index contributed by atoms with van der Waals surface area (Å²) in [6.07, 6.45) is 4.66. The van der Waals surface area contributed by atoms with Crippen LogP contribution in [0.4, 0.5) is 0 Å². The van der Waals surface area contributed by atoms with E-state index in [1.807, 2.05) is 6.92 Å². The Morgan fingerprint density at radius 2 is 2.31 bits per heavy atom. The van der Waals surface area contributed by atoms with E-state index < -0.39 is 5.60 Å². The molecule has 0 saturated carbocycles. The van der Waals surface area contributed by atoms with E-state index in [1.165, 1.54) is 0 Å². The van der Waals surface area contributed by atoms with Gasteiger partial charge in [0.15, 0.2) is 0 Å². The molecule has 4 heteroatoms. The van der Waals surface area contributed by atoms with Gasteiger partial charge in [-0.15, -0.1) is 0 Å². The lowest BCUT2D eigenvalue weighted by Gasteiger charge is -2.21.